The highest BCUT2D eigenvalue weighted by Gasteiger charge is 2.14. The minimum absolute atomic E-state index is 0.0196. The number of amides is 3. The molecule has 0 saturated heterocycles. The third kappa shape index (κ3) is 7.25. The zero-order valence-electron chi connectivity index (χ0n) is 13.3. The first kappa shape index (κ1) is 19.1. The van der Waals surface area contributed by atoms with Crippen molar-refractivity contribution in [3.8, 4) is 0 Å². The number of nitrogens with zero attached hydrogens (tertiary/aromatic N) is 1. The Morgan fingerprint density at radius 2 is 1.87 bits per heavy atom. The highest BCUT2D eigenvalue weighted by atomic mass is 79.9. The first-order valence-corrected chi connectivity index (χ1v) is 7.82. The normalized spacial score (nSPS) is 10.3. The predicted octanol–water partition coefficient (Wildman–Crippen LogP) is 1.90. The third-order valence-corrected chi connectivity index (χ3v) is 3.30. The molecular formula is C15H20BrN3O4. The largest absolute Gasteiger partial charge is 0.450 e. The molecule has 0 radical (unpaired) electrons. The maximum Gasteiger partial charge on any atom is 0.413 e. The van der Waals surface area contributed by atoms with Crippen LogP contribution in [0.25, 0.3) is 0 Å². The molecule has 0 bridgehead atoms. The molecule has 3 amide bonds. The molecule has 0 aliphatic rings. The Hall–Kier alpha value is -1.93. The van der Waals surface area contributed by atoms with Crippen molar-refractivity contribution in [1.29, 1.82) is 0 Å². The van der Waals surface area contributed by atoms with Crippen molar-refractivity contribution in [1.82, 2.24) is 10.2 Å². The van der Waals surface area contributed by atoms with E-state index in [4.69, 9.17) is 0 Å². The predicted molar refractivity (Wildman–Crippen MR) is 90.2 cm³/mol. The average molecular weight is 386 g/mol. The Balaban J connectivity index is 2.44. The molecule has 0 aromatic heterocycles. The van der Waals surface area contributed by atoms with E-state index >= 15 is 0 Å². The van der Waals surface area contributed by atoms with Crippen LogP contribution in [0, 0.1) is 6.92 Å². The van der Waals surface area contributed by atoms with E-state index in [1.165, 1.54) is 4.90 Å². The third-order valence-electron chi connectivity index (χ3n) is 2.81. The van der Waals surface area contributed by atoms with Crippen LogP contribution >= 0.6 is 15.9 Å². The van der Waals surface area contributed by atoms with Crippen molar-refractivity contribution in [2.45, 2.75) is 13.8 Å². The van der Waals surface area contributed by atoms with E-state index in [2.05, 4.69) is 31.3 Å². The molecule has 0 atom stereocenters. The molecule has 0 aliphatic carbocycles. The fraction of sp³-hybridized carbons (Fsp3) is 0.400. The zero-order valence-corrected chi connectivity index (χ0v) is 14.9. The number of alkyl carbamates (subject to hydrolysis) is 1. The van der Waals surface area contributed by atoms with Gasteiger partial charge >= 0.3 is 6.09 Å². The zero-order chi connectivity index (χ0) is 17.4. The van der Waals surface area contributed by atoms with Gasteiger partial charge in [-0.1, -0.05) is 15.9 Å². The van der Waals surface area contributed by atoms with Crippen LogP contribution < -0.4 is 10.6 Å². The maximum absolute atomic E-state index is 12.0. The first-order valence-electron chi connectivity index (χ1n) is 7.03. The summed E-state index contributed by atoms with van der Waals surface area (Å²) in [6.07, 6.45) is -0.791. The van der Waals surface area contributed by atoms with Crippen LogP contribution in [0.15, 0.2) is 22.7 Å². The monoisotopic (exact) mass is 385 g/mol. The number of hydrogen-bond acceptors (Lipinski definition) is 5. The van der Waals surface area contributed by atoms with Gasteiger partial charge in [0.15, 0.2) is 0 Å². The molecule has 1 aromatic rings. The molecule has 0 spiro atoms. The summed E-state index contributed by atoms with van der Waals surface area (Å²) in [5.41, 5.74) is 1.64. The number of ether oxygens (including phenoxy) is 1. The number of benzene rings is 1. The molecule has 8 heteroatoms. The number of aryl methyl sites for hydroxylation is 1. The molecule has 1 rings (SSSR count). The van der Waals surface area contributed by atoms with Gasteiger partial charge in [-0.15, -0.1) is 0 Å². The van der Waals surface area contributed by atoms with Gasteiger partial charge in [0.25, 0.3) is 0 Å². The lowest BCUT2D eigenvalue weighted by molar-refractivity contribution is -0.122. The highest BCUT2D eigenvalue weighted by molar-refractivity contribution is 9.10. The summed E-state index contributed by atoms with van der Waals surface area (Å²) < 4.78 is 5.54. The van der Waals surface area contributed by atoms with Crippen LogP contribution in [-0.2, 0) is 14.3 Å². The van der Waals surface area contributed by atoms with Gasteiger partial charge in [-0.2, -0.15) is 0 Å². The topological polar surface area (TPSA) is 87.7 Å². The summed E-state index contributed by atoms with van der Waals surface area (Å²) in [6, 6.07) is 5.52. The minimum atomic E-state index is -0.791. The number of carbonyl (C=O) groups excluding carboxylic acids is 3. The highest BCUT2D eigenvalue weighted by Crippen LogP contribution is 2.19. The van der Waals surface area contributed by atoms with Gasteiger partial charge in [0.2, 0.25) is 11.8 Å². The fourth-order valence-corrected chi connectivity index (χ4v) is 2.30. The molecular weight excluding hydrogens is 366 g/mol. The Morgan fingerprint density at radius 1 is 1.22 bits per heavy atom. The van der Waals surface area contributed by atoms with Gasteiger partial charge in [-0.3, -0.25) is 19.8 Å². The quantitative estimate of drug-likeness (QED) is 0.780. The number of likely N-dealkylation sites (N-methyl/N-ethyl adjacent to an activating group) is 1. The summed E-state index contributed by atoms with van der Waals surface area (Å²) in [6.45, 7) is 3.64. The Morgan fingerprint density at radius 3 is 2.48 bits per heavy atom. The van der Waals surface area contributed by atoms with Crippen molar-refractivity contribution >= 4 is 39.5 Å². The number of imide groups is 1. The summed E-state index contributed by atoms with van der Waals surface area (Å²) >= 11 is 3.36. The molecule has 0 aliphatic heterocycles. The molecule has 0 unspecified atom stereocenters. The van der Waals surface area contributed by atoms with Gasteiger partial charge in [-0.25, -0.2) is 4.79 Å². The van der Waals surface area contributed by atoms with Gasteiger partial charge in [0, 0.05) is 10.2 Å². The lowest BCUT2D eigenvalue weighted by Crippen LogP contribution is -2.41. The molecule has 0 saturated carbocycles. The number of halogens is 1. The molecule has 0 heterocycles. The van der Waals surface area contributed by atoms with Crippen LogP contribution in [0.4, 0.5) is 10.5 Å². The smallest absolute Gasteiger partial charge is 0.413 e. The Kier molecular flexibility index (Phi) is 7.70. The molecule has 2 N–H and O–H groups in total. The number of anilines is 1. The van der Waals surface area contributed by atoms with Crippen molar-refractivity contribution in [3.63, 3.8) is 0 Å². The molecule has 126 valence electrons. The number of rotatable bonds is 6. The van der Waals surface area contributed by atoms with E-state index in [1.807, 2.05) is 19.1 Å². The summed E-state index contributed by atoms with van der Waals surface area (Å²) in [4.78, 5) is 36.2. The van der Waals surface area contributed by atoms with E-state index in [0.717, 1.165) is 10.0 Å². The van der Waals surface area contributed by atoms with Crippen molar-refractivity contribution in [2.24, 2.45) is 0 Å². The molecule has 0 fully saturated rings. The van der Waals surface area contributed by atoms with Crippen LogP contribution in [0.1, 0.15) is 12.5 Å². The van der Waals surface area contributed by atoms with Crippen LogP contribution in [0.5, 0.6) is 0 Å². The summed E-state index contributed by atoms with van der Waals surface area (Å²) in [5.74, 6) is -0.777. The molecule has 7 nitrogen and oxygen atoms in total. The number of hydrogen-bond donors (Lipinski definition) is 2. The van der Waals surface area contributed by atoms with Crippen LogP contribution in [0.3, 0.4) is 0 Å². The Labute approximate surface area is 143 Å². The second-order valence-electron chi connectivity index (χ2n) is 4.95. The summed E-state index contributed by atoms with van der Waals surface area (Å²) in [5, 5.41) is 4.85. The van der Waals surface area contributed by atoms with Gasteiger partial charge in [-0.05, 0) is 44.7 Å². The summed E-state index contributed by atoms with van der Waals surface area (Å²) in [7, 11) is 1.61. The van der Waals surface area contributed by atoms with Crippen molar-refractivity contribution in [2.75, 3.05) is 32.1 Å². The van der Waals surface area contributed by atoms with Gasteiger partial charge in [0.1, 0.15) is 0 Å². The lowest BCUT2D eigenvalue weighted by Gasteiger charge is -2.16. The standard InChI is InChI=1S/C15H20BrN3O4/c1-4-23-15(22)18-14(21)9-19(3)8-13(20)17-12-6-5-11(16)7-10(12)2/h5-7H,4,8-9H2,1-3H3,(H,17,20)(H,18,21,22). The van der Waals surface area contributed by atoms with Crippen molar-refractivity contribution in [3.05, 3.63) is 28.2 Å². The number of carbonyl (C=O) groups is 3. The lowest BCUT2D eigenvalue weighted by atomic mass is 10.2. The minimum Gasteiger partial charge on any atom is -0.450 e. The second-order valence-corrected chi connectivity index (χ2v) is 5.86. The van der Waals surface area contributed by atoms with E-state index in [1.54, 1.807) is 20.0 Å². The van der Waals surface area contributed by atoms with E-state index < -0.39 is 12.0 Å². The van der Waals surface area contributed by atoms with Crippen LogP contribution in [-0.4, -0.2) is 49.6 Å². The SMILES string of the molecule is CCOC(=O)NC(=O)CN(C)CC(=O)Nc1ccc(Br)cc1C. The van der Waals surface area contributed by atoms with Crippen molar-refractivity contribution < 1.29 is 19.1 Å². The van der Waals surface area contributed by atoms with Crippen LogP contribution in [0.2, 0.25) is 0 Å². The molecule has 23 heavy (non-hydrogen) atoms. The second kappa shape index (κ2) is 9.26. The maximum atomic E-state index is 12.0. The van der Waals surface area contributed by atoms with Gasteiger partial charge < -0.3 is 10.1 Å². The van der Waals surface area contributed by atoms with E-state index in [9.17, 15) is 14.4 Å². The van der Waals surface area contributed by atoms with E-state index in [0.29, 0.717) is 5.69 Å². The average Bonchev–Trinajstić information content (AvgIpc) is 2.41. The fourth-order valence-electron chi connectivity index (χ4n) is 1.82. The van der Waals surface area contributed by atoms with E-state index in [-0.39, 0.29) is 25.6 Å². The molecule has 1 aromatic carbocycles. The first-order chi connectivity index (χ1) is 10.8. The van der Waals surface area contributed by atoms with Gasteiger partial charge in [0.05, 0.1) is 19.7 Å². The Bertz CT molecular complexity index is 592. The number of nitrogens with one attached hydrogen (secondary N) is 2.